The van der Waals surface area contributed by atoms with Crippen LogP contribution >= 0.6 is 0 Å². The normalized spacial score (nSPS) is 18.2. The van der Waals surface area contributed by atoms with Crippen LogP contribution in [0.25, 0.3) is 0 Å². The van der Waals surface area contributed by atoms with Gasteiger partial charge in [0.15, 0.2) is 0 Å². The van der Waals surface area contributed by atoms with Crippen molar-refractivity contribution < 1.29 is 5.11 Å². The van der Waals surface area contributed by atoms with Gasteiger partial charge < -0.3 is 10.8 Å². The van der Waals surface area contributed by atoms with E-state index in [0.29, 0.717) is 0 Å². The van der Waals surface area contributed by atoms with Crippen molar-refractivity contribution in [3.05, 3.63) is 24.3 Å². The van der Waals surface area contributed by atoms with Crippen LogP contribution in [0.1, 0.15) is 13.8 Å². The fourth-order valence-electron chi connectivity index (χ4n) is 0.713. The second-order valence-electron chi connectivity index (χ2n) is 2.30. The van der Waals surface area contributed by atoms with E-state index in [1.165, 1.54) is 0 Å². The molecule has 3 N–H and O–H groups in total. The average molecular weight is 141 g/mol. The molecule has 2 nitrogen and oxygen atoms in total. The van der Waals surface area contributed by atoms with Crippen LogP contribution in [0.4, 0.5) is 0 Å². The fourth-order valence-corrected chi connectivity index (χ4v) is 0.713. The smallest absolute Gasteiger partial charge is 0.0934 e. The van der Waals surface area contributed by atoms with Gasteiger partial charge in [-0.15, -0.1) is 0 Å². The molecular weight excluding hydrogens is 126 g/mol. The molecule has 0 aliphatic heterocycles. The molecule has 0 unspecified atom stereocenters. The summed E-state index contributed by atoms with van der Waals surface area (Å²) < 4.78 is 0. The molecule has 0 saturated carbocycles. The quantitative estimate of drug-likeness (QED) is 0.572. The molecule has 0 rings (SSSR count). The molecule has 0 radical (unpaired) electrons. The van der Waals surface area contributed by atoms with Crippen molar-refractivity contribution in [2.75, 3.05) is 0 Å². The molecule has 2 heteroatoms. The summed E-state index contributed by atoms with van der Waals surface area (Å²) in [5.41, 5.74) is 6.24. The zero-order valence-electron chi connectivity index (χ0n) is 6.54. The minimum Gasteiger partial charge on any atom is -0.387 e. The van der Waals surface area contributed by atoms with Gasteiger partial charge in [0.2, 0.25) is 0 Å². The van der Waals surface area contributed by atoms with Crippen LogP contribution in [0.2, 0.25) is 0 Å². The number of allylic oxidation sites excluding steroid dienone is 1. The summed E-state index contributed by atoms with van der Waals surface area (Å²) in [4.78, 5) is 0. The van der Waals surface area contributed by atoms with Gasteiger partial charge in [-0.25, -0.2) is 0 Å². The molecule has 2 atom stereocenters. The molecule has 0 aliphatic carbocycles. The van der Waals surface area contributed by atoms with Crippen LogP contribution < -0.4 is 5.73 Å². The third-order valence-electron chi connectivity index (χ3n) is 1.41. The number of nitrogens with two attached hydrogens (primary N) is 1. The minimum absolute atomic E-state index is 0.232. The largest absolute Gasteiger partial charge is 0.387 e. The molecule has 0 bridgehead atoms. The highest BCUT2D eigenvalue weighted by atomic mass is 16.3. The van der Waals surface area contributed by atoms with Gasteiger partial charge in [0.05, 0.1) is 6.10 Å². The van der Waals surface area contributed by atoms with E-state index in [2.05, 4.69) is 6.58 Å². The predicted molar refractivity (Wildman–Crippen MR) is 43.6 cm³/mol. The maximum atomic E-state index is 9.32. The molecule has 0 aliphatic rings. The Balaban J connectivity index is 4.16. The van der Waals surface area contributed by atoms with Gasteiger partial charge in [0.25, 0.3) is 0 Å². The number of aliphatic hydroxyl groups excluding tert-OH is 1. The Labute approximate surface area is 62.0 Å². The first-order chi connectivity index (χ1) is 4.63. The SMILES string of the molecule is C=C/C(=C\C)[C@H](O)[C@H](C)N. The number of hydrogen-bond donors (Lipinski definition) is 2. The highest BCUT2D eigenvalue weighted by Crippen LogP contribution is 2.05. The first kappa shape index (κ1) is 9.40. The summed E-state index contributed by atoms with van der Waals surface area (Å²) >= 11 is 0. The van der Waals surface area contributed by atoms with E-state index in [0.717, 1.165) is 5.57 Å². The van der Waals surface area contributed by atoms with Gasteiger partial charge in [-0.3, -0.25) is 0 Å². The van der Waals surface area contributed by atoms with Crippen LogP contribution in [0.3, 0.4) is 0 Å². The Morgan fingerprint density at radius 2 is 2.20 bits per heavy atom. The molecule has 0 amide bonds. The number of rotatable bonds is 3. The summed E-state index contributed by atoms with van der Waals surface area (Å²) in [6.07, 6.45) is 2.84. The summed E-state index contributed by atoms with van der Waals surface area (Å²) in [6.45, 7) is 7.16. The molecule has 0 heterocycles. The van der Waals surface area contributed by atoms with Crippen molar-refractivity contribution in [3.8, 4) is 0 Å². The van der Waals surface area contributed by atoms with E-state index >= 15 is 0 Å². The zero-order valence-corrected chi connectivity index (χ0v) is 6.54. The van der Waals surface area contributed by atoms with Crippen LogP contribution in [0.5, 0.6) is 0 Å². The third-order valence-corrected chi connectivity index (χ3v) is 1.41. The molecular formula is C8H15NO. The van der Waals surface area contributed by atoms with E-state index in [4.69, 9.17) is 5.73 Å². The fraction of sp³-hybridized carbons (Fsp3) is 0.500. The lowest BCUT2D eigenvalue weighted by molar-refractivity contribution is 0.190. The van der Waals surface area contributed by atoms with Crippen molar-refractivity contribution in [2.24, 2.45) is 5.73 Å². The first-order valence-electron chi connectivity index (χ1n) is 3.35. The molecule has 10 heavy (non-hydrogen) atoms. The van der Waals surface area contributed by atoms with Crippen LogP contribution in [-0.2, 0) is 0 Å². The van der Waals surface area contributed by atoms with E-state index in [-0.39, 0.29) is 6.04 Å². The Morgan fingerprint density at radius 3 is 2.30 bits per heavy atom. The van der Waals surface area contributed by atoms with E-state index in [1.807, 2.05) is 6.92 Å². The molecule has 0 spiro atoms. The zero-order chi connectivity index (χ0) is 8.15. The summed E-state index contributed by atoms with van der Waals surface area (Å²) in [5, 5.41) is 9.32. The van der Waals surface area contributed by atoms with Gasteiger partial charge in [0.1, 0.15) is 0 Å². The molecule has 58 valence electrons. The molecule has 0 aromatic rings. The lowest BCUT2D eigenvalue weighted by Gasteiger charge is -2.14. The average Bonchev–Trinajstić information content (AvgIpc) is 1.90. The second kappa shape index (κ2) is 4.25. The van der Waals surface area contributed by atoms with Crippen molar-refractivity contribution in [3.63, 3.8) is 0 Å². The maximum Gasteiger partial charge on any atom is 0.0934 e. The highest BCUT2D eigenvalue weighted by molar-refractivity contribution is 5.21. The van der Waals surface area contributed by atoms with E-state index in [1.54, 1.807) is 19.1 Å². The predicted octanol–water partition coefficient (Wildman–Crippen LogP) is 0.827. The van der Waals surface area contributed by atoms with Crippen molar-refractivity contribution in [1.29, 1.82) is 0 Å². The highest BCUT2D eigenvalue weighted by Gasteiger charge is 2.10. The Kier molecular flexibility index (Phi) is 4.00. The van der Waals surface area contributed by atoms with Gasteiger partial charge in [-0.2, -0.15) is 0 Å². The van der Waals surface area contributed by atoms with Crippen molar-refractivity contribution in [1.82, 2.24) is 0 Å². The summed E-state index contributed by atoms with van der Waals surface area (Å²) in [5.74, 6) is 0. The molecule has 0 saturated heterocycles. The third kappa shape index (κ3) is 2.33. The molecule has 0 aromatic carbocycles. The van der Waals surface area contributed by atoms with Gasteiger partial charge in [-0.05, 0) is 19.4 Å². The van der Waals surface area contributed by atoms with Crippen LogP contribution in [0, 0.1) is 0 Å². The van der Waals surface area contributed by atoms with Gasteiger partial charge in [0, 0.05) is 6.04 Å². The Morgan fingerprint density at radius 1 is 1.70 bits per heavy atom. The van der Waals surface area contributed by atoms with Gasteiger partial charge in [-0.1, -0.05) is 18.7 Å². The number of hydrogen-bond acceptors (Lipinski definition) is 2. The monoisotopic (exact) mass is 141 g/mol. The molecule has 0 fully saturated rings. The second-order valence-corrected chi connectivity index (χ2v) is 2.30. The van der Waals surface area contributed by atoms with Crippen molar-refractivity contribution in [2.45, 2.75) is 26.0 Å². The lowest BCUT2D eigenvalue weighted by Crippen LogP contribution is -2.32. The molecule has 0 aromatic heterocycles. The van der Waals surface area contributed by atoms with Crippen molar-refractivity contribution >= 4 is 0 Å². The summed E-state index contributed by atoms with van der Waals surface area (Å²) in [6, 6.07) is -0.232. The standard InChI is InChI=1S/C8H15NO/c1-4-7(5-2)8(10)6(3)9/h4-6,8,10H,1,9H2,2-3H3/b7-5+/t6-,8+/m0/s1. The summed E-state index contributed by atoms with van der Waals surface area (Å²) in [7, 11) is 0. The minimum atomic E-state index is -0.581. The van der Waals surface area contributed by atoms with Crippen LogP contribution in [-0.4, -0.2) is 17.3 Å². The van der Waals surface area contributed by atoms with Crippen LogP contribution in [0.15, 0.2) is 24.3 Å². The lowest BCUT2D eigenvalue weighted by atomic mass is 10.0. The first-order valence-corrected chi connectivity index (χ1v) is 3.35. The Bertz CT molecular complexity index is 138. The van der Waals surface area contributed by atoms with Gasteiger partial charge >= 0.3 is 0 Å². The topological polar surface area (TPSA) is 46.2 Å². The maximum absolute atomic E-state index is 9.32. The van der Waals surface area contributed by atoms with E-state index < -0.39 is 6.10 Å². The van der Waals surface area contributed by atoms with E-state index in [9.17, 15) is 5.11 Å². The number of aliphatic hydroxyl groups is 1. The Hall–Kier alpha value is -0.600.